The molecule has 9 heteroatoms. The molecule has 0 bridgehead atoms. The second-order valence-corrected chi connectivity index (χ2v) is 27.3. The highest BCUT2D eigenvalue weighted by Crippen LogP contribution is 2.19. The fraction of sp³-hybridized carbons (Fsp3) is 0.793. The van der Waals surface area contributed by atoms with Gasteiger partial charge >= 0.3 is 11.9 Å². The number of nitrogens with zero attached hydrogens (tertiary/aromatic N) is 1. The van der Waals surface area contributed by atoms with Crippen LogP contribution in [0.4, 0.5) is 0 Å². The Balaban J connectivity index is 4.02. The number of aliphatic carboxylic acids is 1. The lowest BCUT2D eigenvalue weighted by molar-refractivity contribution is -0.870. The van der Waals surface area contributed by atoms with E-state index in [4.69, 9.17) is 18.9 Å². The van der Waals surface area contributed by atoms with Crippen LogP contribution in [0.5, 0.6) is 0 Å². The largest absolute Gasteiger partial charge is 0.545 e. The molecule has 0 saturated heterocycles. The van der Waals surface area contributed by atoms with Gasteiger partial charge in [-0.05, 0) is 89.9 Å². The highest BCUT2D eigenvalue weighted by molar-refractivity contribution is 5.70. The summed E-state index contributed by atoms with van der Waals surface area (Å²) in [6.45, 7) is 4.69. The number of carboxylic acids is 1. The molecule has 0 fully saturated rings. The van der Waals surface area contributed by atoms with E-state index in [0.29, 0.717) is 23.9 Å². The van der Waals surface area contributed by atoms with Gasteiger partial charge in [0.15, 0.2) is 12.4 Å². The van der Waals surface area contributed by atoms with Gasteiger partial charge < -0.3 is 33.3 Å². The summed E-state index contributed by atoms with van der Waals surface area (Å²) >= 11 is 0. The molecule has 0 aliphatic carbocycles. The number of carbonyl (C=O) groups excluding carboxylic acids is 3. The van der Waals surface area contributed by atoms with Crippen LogP contribution in [0, 0.1) is 0 Å². The predicted octanol–water partition coefficient (Wildman–Crippen LogP) is 23.3. The van der Waals surface area contributed by atoms with E-state index in [2.05, 4.69) is 98.9 Å². The van der Waals surface area contributed by atoms with Crippen LogP contribution >= 0.6 is 0 Å². The summed E-state index contributed by atoms with van der Waals surface area (Å²) in [6, 6.07) is 0. The third kappa shape index (κ3) is 73.7. The highest BCUT2D eigenvalue weighted by atomic mass is 16.7. The van der Waals surface area contributed by atoms with Crippen molar-refractivity contribution in [2.75, 3.05) is 47.5 Å². The van der Waals surface area contributed by atoms with Crippen molar-refractivity contribution in [3.63, 3.8) is 0 Å². The number of quaternary nitrogens is 1. The van der Waals surface area contributed by atoms with Gasteiger partial charge in [-0.25, -0.2) is 0 Å². The van der Waals surface area contributed by atoms with Gasteiger partial charge in [-0.3, -0.25) is 9.59 Å². The van der Waals surface area contributed by atoms with Gasteiger partial charge in [0.2, 0.25) is 0 Å². The molecular formula is C82H147NO8. The summed E-state index contributed by atoms with van der Waals surface area (Å²) < 4.78 is 22.9. The molecule has 0 spiro atoms. The third-order valence-corrected chi connectivity index (χ3v) is 17.1. The van der Waals surface area contributed by atoms with Gasteiger partial charge in [0.1, 0.15) is 13.2 Å². The number of carboxylic acid groups (broad SMARTS) is 1. The highest BCUT2D eigenvalue weighted by Gasteiger charge is 2.22. The lowest BCUT2D eigenvalue weighted by Crippen LogP contribution is -2.44. The minimum Gasteiger partial charge on any atom is -0.545 e. The molecule has 0 rings (SSSR count). The first-order valence-corrected chi connectivity index (χ1v) is 38.7. The van der Waals surface area contributed by atoms with E-state index in [1.165, 1.54) is 257 Å². The molecule has 0 saturated carbocycles. The van der Waals surface area contributed by atoms with Crippen molar-refractivity contribution >= 4 is 17.9 Å². The minimum absolute atomic E-state index is 0.148. The third-order valence-electron chi connectivity index (χ3n) is 17.1. The Labute approximate surface area is 563 Å². The van der Waals surface area contributed by atoms with Gasteiger partial charge in [-0.15, -0.1) is 0 Å². The molecule has 0 aliphatic heterocycles. The number of hydrogen-bond donors (Lipinski definition) is 0. The zero-order chi connectivity index (χ0) is 66.1. The summed E-state index contributed by atoms with van der Waals surface area (Å²) in [6.07, 6.45) is 95.5. The number of carbonyl (C=O) groups is 3. The summed E-state index contributed by atoms with van der Waals surface area (Å²) in [5.41, 5.74) is 0. The second kappa shape index (κ2) is 72.3. The number of ether oxygens (including phenoxy) is 4. The van der Waals surface area contributed by atoms with Gasteiger partial charge in [-0.1, -0.05) is 343 Å². The SMILES string of the molecule is CC/C=C\C/C=C\C/C=C\C/C=C\C/C=C\C/C=C\CCCCCCCCCCCCCCCCCCCCC(=O)OC(COC(=O)CCCCCCCCCCCCCCCCCCC/C=C\CCCCCCCCCC)COC(OCC[N+](C)(C)C)C(=O)[O-]. The lowest BCUT2D eigenvalue weighted by atomic mass is 10.0. The van der Waals surface area contributed by atoms with E-state index < -0.39 is 24.3 Å². The molecule has 0 aromatic heterocycles. The first kappa shape index (κ1) is 87.5. The van der Waals surface area contributed by atoms with E-state index in [1.54, 1.807) is 0 Å². The van der Waals surface area contributed by atoms with Crippen LogP contribution in [0.25, 0.3) is 0 Å². The maximum atomic E-state index is 13.0. The van der Waals surface area contributed by atoms with Crippen molar-refractivity contribution in [3.8, 4) is 0 Å². The number of esters is 2. The molecule has 0 heterocycles. The van der Waals surface area contributed by atoms with E-state index in [0.717, 1.165) is 70.6 Å². The van der Waals surface area contributed by atoms with Crippen LogP contribution in [0.1, 0.15) is 361 Å². The summed E-state index contributed by atoms with van der Waals surface area (Å²) in [5, 5.41) is 11.9. The molecule has 0 amide bonds. The molecule has 0 aromatic rings. The van der Waals surface area contributed by atoms with Gasteiger partial charge in [0.05, 0.1) is 40.3 Å². The Morgan fingerprint density at radius 3 is 0.945 bits per heavy atom. The number of unbranched alkanes of at least 4 members (excludes halogenated alkanes) is 43. The van der Waals surface area contributed by atoms with E-state index >= 15 is 0 Å². The molecule has 0 aliphatic rings. The van der Waals surface area contributed by atoms with Crippen molar-refractivity contribution in [2.45, 2.75) is 373 Å². The average molecular weight is 1280 g/mol. The molecule has 0 aromatic carbocycles. The smallest absolute Gasteiger partial charge is 0.306 e. The minimum atomic E-state index is -1.62. The predicted molar refractivity (Wildman–Crippen MR) is 389 cm³/mol. The van der Waals surface area contributed by atoms with Crippen LogP contribution in [-0.2, 0) is 33.3 Å². The Hall–Kier alpha value is -3.53. The molecule has 9 nitrogen and oxygen atoms in total. The van der Waals surface area contributed by atoms with Crippen LogP contribution in [0.3, 0.4) is 0 Å². The summed E-state index contributed by atoms with van der Waals surface area (Å²) in [5.74, 6) is -2.26. The quantitative estimate of drug-likeness (QED) is 0.0195. The maximum Gasteiger partial charge on any atom is 0.306 e. The maximum absolute atomic E-state index is 13.0. The van der Waals surface area contributed by atoms with Crippen molar-refractivity contribution in [1.82, 2.24) is 0 Å². The first-order valence-electron chi connectivity index (χ1n) is 38.7. The number of likely N-dealkylation sites (N-methyl/N-ethyl adjacent to an activating group) is 1. The van der Waals surface area contributed by atoms with Crippen molar-refractivity contribution in [3.05, 3.63) is 85.1 Å². The van der Waals surface area contributed by atoms with Crippen LogP contribution < -0.4 is 5.11 Å². The molecule has 0 N–H and O–H groups in total. The van der Waals surface area contributed by atoms with Crippen molar-refractivity contribution in [1.29, 1.82) is 0 Å². The zero-order valence-electron chi connectivity index (χ0n) is 60.5. The molecule has 528 valence electrons. The molecule has 2 unspecified atom stereocenters. The van der Waals surface area contributed by atoms with Crippen molar-refractivity contribution in [2.24, 2.45) is 0 Å². The molecule has 2 atom stereocenters. The average Bonchev–Trinajstić information content (AvgIpc) is 3.50. The number of allylic oxidation sites excluding steroid dienone is 14. The van der Waals surface area contributed by atoms with Gasteiger partial charge in [-0.2, -0.15) is 0 Å². The fourth-order valence-electron chi connectivity index (χ4n) is 11.2. The molecular weight excluding hydrogens is 1130 g/mol. The van der Waals surface area contributed by atoms with Gasteiger partial charge in [0.25, 0.3) is 0 Å². The topological polar surface area (TPSA) is 111 Å². The monoisotopic (exact) mass is 1270 g/mol. The van der Waals surface area contributed by atoms with Gasteiger partial charge in [0, 0.05) is 12.8 Å². The van der Waals surface area contributed by atoms with Crippen LogP contribution in [0.15, 0.2) is 85.1 Å². The van der Waals surface area contributed by atoms with E-state index in [1.807, 2.05) is 21.1 Å². The van der Waals surface area contributed by atoms with E-state index in [9.17, 15) is 19.5 Å². The van der Waals surface area contributed by atoms with E-state index in [-0.39, 0.29) is 32.2 Å². The summed E-state index contributed by atoms with van der Waals surface area (Å²) in [4.78, 5) is 37.6. The number of hydrogen-bond acceptors (Lipinski definition) is 8. The first-order chi connectivity index (χ1) is 44.6. The lowest BCUT2D eigenvalue weighted by Gasteiger charge is -2.26. The normalized spacial score (nSPS) is 13.1. The Kier molecular flexibility index (Phi) is 69.5. The van der Waals surface area contributed by atoms with Crippen molar-refractivity contribution < 1.29 is 42.9 Å². The number of rotatable bonds is 72. The van der Waals surface area contributed by atoms with Crippen LogP contribution in [0.2, 0.25) is 0 Å². The summed E-state index contributed by atoms with van der Waals surface area (Å²) in [7, 11) is 5.94. The van der Waals surface area contributed by atoms with Crippen LogP contribution in [-0.4, -0.2) is 82.3 Å². The second-order valence-electron chi connectivity index (χ2n) is 27.3. The molecule has 0 radical (unpaired) electrons. The Morgan fingerprint density at radius 2 is 0.626 bits per heavy atom. The molecule has 91 heavy (non-hydrogen) atoms. The Bertz CT molecular complexity index is 1770. The standard InChI is InChI=1S/C82H147NO8/c1-6-8-10-12-14-16-18-20-22-24-26-28-30-32-34-36-37-38-39-40-41-42-43-45-47-49-51-53-55-57-59-61-63-65-67-69-71-73-80(85)91-78(77-90-82(81(86)87)88-75-74-83(3,4)5)76-89-79(84)72-70-68-66-64-62-60-58-56-54-52-50-48-46-44-35-33-31-29-27-25-23-21-19-17-15-13-11-9-7-2/h8,10,14,16,20,22,25-28,32,34,37-38,78,82H,6-7,9,11-13,15,17-19,21,23-24,29-31,33,35-36,39-77H2,1-5H3/b10-8-,16-14-,22-20-,27-25-,28-26-,34-32-,38-37-. The zero-order valence-corrected chi connectivity index (χ0v) is 60.5. The Morgan fingerprint density at radius 1 is 0.341 bits per heavy atom. The fourth-order valence-corrected chi connectivity index (χ4v) is 11.2.